The Morgan fingerprint density at radius 3 is 2.95 bits per heavy atom. The zero-order valence-corrected chi connectivity index (χ0v) is 11.8. The molecule has 4 heteroatoms. The third kappa shape index (κ3) is 3.45. The third-order valence-electron chi connectivity index (χ3n) is 3.64. The molecule has 0 aromatic heterocycles. The van der Waals surface area contributed by atoms with Gasteiger partial charge < -0.3 is 14.8 Å². The highest BCUT2D eigenvalue weighted by molar-refractivity contribution is 5.37. The van der Waals surface area contributed by atoms with Crippen LogP contribution in [-0.4, -0.2) is 25.9 Å². The molecule has 1 fully saturated rings. The van der Waals surface area contributed by atoms with E-state index in [9.17, 15) is 4.39 Å². The van der Waals surface area contributed by atoms with Crippen LogP contribution in [0.2, 0.25) is 0 Å². The van der Waals surface area contributed by atoms with E-state index in [-0.39, 0.29) is 18.0 Å². The Balaban J connectivity index is 2.09. The number of nitrogens with one attached hydrogen (secondary N) is 1. The van der Waals surface area contributed by atoms with Gasteiger partial charge in [-0.2, -0.15) is 0 Å². The summed E-state index contributed by atoms with van der Waals surface area (Å²) in [5.41, 5.74) is 0.601. The normalized spacial score (nSPS) is 25.1. The Kier molecular flexibility index (Phi) is 4.77. The number of rotatable bonds is 4. The lowest BCUT2D eigenvalue weighted by atomic mass is 10.0. The van der Waals surface area contributed by atoms with E-state index in [2.05, 4.69) is 12.2 Å². The van der Waals surface area contributed by atoms with Crippen molar-refractivity contribution in [2.75, 3.05) is 13.7 Å². The predicted octanol–water partition coefficient (Wildman–Crippen LogP) is 3.05. The average Bonchev–Trinajstić information content (AvgIpc) is 2.38. The lowest BCUT2D eigenvalue weighted by molar-refractivity contribution is 0.0115. The lowest BCUT2D eigenvalue weighted by Gasteiger charge is -2.31. The first kappa shape index (κ1) is 14.3. The molecule has 3 nitrogen and oxygen atoms in total. The van der Waals surface area contributed by atoms with Crippen LogP contribution in [0.15, 0.2) is 18.2 Å². The van der Waals surface area contributed by atoms with Crippen LogP contribution in [0, 0.1) is 5.82 Å². The standard InChI is InChI=1S/C15H22FNO2/c1-10-9-12(7-8-19-10)17-11(2)15-13(16)5-4-6-14(15)18-3/h4-6,10-12,17H,7-9H2,1-3H3. The minimum atomic E-state index is -0.223. The van der Waals surface area contributed by atoms with Crippen molar-refractivity contribution in [3.8, 4) is 5.75 Å². The van der Waals surface area contributed by atoms with Crippen LogP contribution in [0.4, 0.5) is 4.39 Å². The molecular formula is C15H22FNO2. The van der Waals surface area contributed by atoms with Gasteiger partial charge in [-0.15, -0.1) is 0 Å². The Bertz CT molecular complexity index is 425. The fourth-order valence-corrected chi connectivity index (χ4v) is 2.70. The molecule has 1 heterocycles. The second kappa shape index (κ2) is 6.35. The van der Waals surface area contributed by atoms with Gasteiger partial charge in [-0.05, 0) is 38.8 Å². The van der Waals surface area contributed by atoms with Crippen molar-refractivity contribution in [1.82, 2.24) is 5.32 Å². The average molecular weight is 267 g/mol. The summed E-state index contributed by atoms with van der Waals surface area (Å²) in [6.45, 7) is 4.81. The molecule has 0 spiro atoms. The smallest absolute Gasteiger partial charge is 0.131 e. The summed E-state index contributed by atoms with van der Waals surface area (Å²) in [5.74, 6) is 0.375. The second-order valence-corrected chi connectivity index (χ2v) is 5.15. The maximum atomic E-state index is 14.0. The van der Waals surface area contributed by atoms with E-state index in [0.29, 0.717) is 17.4 Å². The molecule has 1 aromatic carbocycles. The first-order valence-electron chi connectivity index (χ1n) is 6.82. The fraction of sp³-hybridized carbons (Fsp3) is 0.600. The summed E-state index contributed by atoms with van der Waals surface area (Å²) in [4.78, 5) is 0. The molecule has 1 aliphatic rings. The molecule has 1 aromatic rings. The van der Waals surface area contributed by atoms with E-state index >= 15 is 0 Å². The molecule has 0 saturated carbocycles. The predicted molar refractivity (Wildman–Crippen MR) is 72.9 cm³/mol. The third-order valence-corrected chi connectivity index (χ3v) is 3.64. The van der Waals surface area contributed by atoms with E-state index < -0.39 is 0 Å². The topological polar surface area (TPSA) is 30.5 Å². The number of benzene rings is 1. The van der Waals surface area contributed by atoms with Gasteiger partial charge in [-0.25, -0.2) is 4.39 Å². The molecule has 1 saturated heterocycles. The Morgan fingerprint density at radius 1 is 1.47 bits per heavy atom. The molecule has 1 aliphatic heterocycles. The van der Waals surface area contributed by atoms with Crippen LogP contribution in [0.1, 0.15) is 38.3 Å². The van der Waals surface area contributed by atoms with E-state index in [1.807, 2.05) is 6.92 Å². The largest absolute Gasteiger partial charge is 0.496 e. The molecule has 2 rings (SSSR count). The molecule has 19 heavy (non-hydrogen) atoms. The van der Waals surface area contributed by atoms with Gasteiger partial charge in [-0.1, -0.05) is 6.07 Å². The highest BCUT2D eigenvalue weighted by Crippen LogP contribution is 2.29. The highest BCUT2D eigenvalue weighted by Gasteiger charge is 2.23. The zero-order chi connectivity index (χ0) is 13.8. The number of hydrogen-bond acceptors (Lipinski definition) is 3. The van der Waals surface area contributed by atoms with Gasteiger partial charge in [0.2, 0.25) is 0 Å². The Labute approximate surface area is 114 Å². The minimum Gasteiger partial charge on any atom is -0.496 e. The summed E-state index contributed by atoms with van der Waals surface area (Å²) in [6, 6.07) is 5.22. The van der Waals surface area contributed by atoms with Crippen molar-refractivity contribution in [3.63, 3.8) is 0 Å². The summed E-state index contributed by atoms with van der Waals surface area (Å²) in [6.07, 6.45) is 2.19. The molecule has 1 N–H and O–H groups in total. The van der Waals surface area contributed by atoms with Crippen LogP contribution < -0.4 is 10.1 Å². The maximum absolute atomic E-state index is 14.0. The lowest BCUT2D eigenvalue weighted by Crippen LogP contribution is -2.39. The van der Waals surface area contributed by atoms with E-state index in [4.69, 9.17) is 9.47 Å². The summed E-state index contributed by atoms with van der Waals surface area (Å²) in [5, 5.41) is 3.48. The van der Waals surface area contributed by atoms with E-state index in [1.165, 1.54) is 6.07 Å². The summed E-state index contributed by atoms with van der Waals surface area (Å²) in [7, 11) is 1.57. The molecule has 0 radical (unpaired) electrons. The van der Waals surface area contributed by atoms with Crippen molar-refractivity contribution in [1.29, 1.82) is 0 Å². The van der Waals surface area contributed by atoms with Crippen molar-refractivity contribution in [2.24, 2.45) is 0 Å². The zero-order valence-electron chi connectivity index (χ0n) is 11.8. The van der Waals surface area contributed by atoms with Crippen molar-refractivity contribution >= 4 is 0 Å². The Morgan fingerprint density at radius 2 is 2.26 bits per heavy atom. The monoisotopic (exact) mass is 267 g/mol. The van der Waals surface area contributed by atoms with Crippen LogP contribution in [0.5, 0.6) is 5.75 Å². The molecule has 0 bridgehead atoms. The highest BCUT2D eigenvalue weighted by atomic mass is 19.1. The van der Waals surface area contributed by atoms with Gasteiger partial charge in [0.1, 0.15) is 11.6 Å². The van der Waals surface area contributed by atoms with Crippen LogP contribution in [-0.2, 0) is 4.74 Å². The SMILES string of the molecule is COc1cccc(F)c1C(C)NC1CCOC(C)C1. The van der Waals surface area contributed by atoms with Crippen molar-refractivity contribution in [2.45, 2.75) is 44.9 Å². The van der Waals surface area contributed by atoms with Gasteiger partial charge in [-0.3, -0.25) is 0 Å². The van der Waals surface area contributed by atoms with Gasteiger partial charge in [0.05, 0.1) is 13.2 Å². The fourth-order valence-electron chi connectivity index (χ4n) is 2.70. The number of methoxy groups -OCH3 is 1. The first-order chi connectivity index (χ1) is 9.11. The van der Waals surface area contributed by atoms with Crippen molar-refractivity contribution < 1.29 is 13.9 Å². The van der Waals surface area contributed by atoms with Gasteiger partial charge >= 0.3 is 0 Å². The molecule has 0 aliphatic carbocycles. The Hall–Kier alpha value is -1.13. The van der Waals surface area contributed by atoms with Gasteiger partial charge in [0.25, 0.3) is 0 Å². The second-order valence-electron chi connectivity index (χ2n) is 5.15. The first-order valence-corrected chi connectivity index (χ1v) is 6.82. The summed E-state index contributed by atoms with van der Waals surface area (Å²) >= 11 is 0. The maximum Gasteiger partial charge on any atom is 0.131 e. The molecule has 0 amide bonds. The summed E-state index contributed by atoms with van der Waals surface area (Å²) < 4.78 is 24.8. The number of halogens is 1. The van der Waals surface area contributed by atoms with Crippen molar-refractivity contribution in [3.05, 3.63) is 29.6 Å². The molecular weight excluding hydrogens is 245 g/mol. The quantitative estimate of drug-likeness (QED) is 0.909. The molecule has 106 valence electrons. The molecule has 3 unspecified atom stereocenters. The van der Waals surface area contributed by atoms with Crippen LogP contribution in [0.3, 0.4) is 0 Å². The number of hydrogen-bond donors (Lipinski definition) is 1. The van der Waals surface area contributed by atoms with Crippen LogP contribution >= 0.6 is 0 Å². The number of ether oxygens (including phenoxy) is 2. The minimum absolute atomic E-state index is 0.0774. The van der Waals surface area contributed by atoms with Gasteiger partial charge in [0, 0.05) is 24.3 Å². The van der Waals surface area contributed by atoms with E-state index in [0.717, 1.165) is 19.4 Å². The molecule has 3 atom stereocenters. The van der Waals surface area contributed by atoms with Crippen LogP contribution in [0.25, 0.3) is 0 Å². The van der Waals surface area contributed by atoms with E-state index in [1.54, 1.807) is 19.2 Å². The van der Waals surface area contributed by atoms with Gasteiger partial charge in [0.15, 0.2) is 0 Å².